The van der Waals surface area contributed by atoms with Crippen LogP contribution in [0.1, 0.15) is 27.0 Å². The van der Waals surface area contributed by atoms with Crippen LogP contribution in [0, 0.1) is 19.7 Å². The van der Waals surface area contributed by atoms with Crippen LogP contribution < -0.4 is 10.5 Å². The molecule has 0 unspecified atom stereocenters. The number of ketones is 1. The number of hydrogen-bond acceptors (Lipinski definition) is 3. The third-order valence-corrected chi connectivity index (χ3v) is 3.26. The number of carbonyl (C=O) groups excluding carboxylic acids is 1. The first-order valence-corrected chi connectivity index (χ1v) is 6.19. The quantitative estimate of drug-likeness (QED) is 0.689. The van der Waals surface area contributed by atoms with Gasteiger partial charge in [-0.25, -0.2) is 4.39 Å². The Bertz CT molecular complexity index is 680. The molecule has 104 valence electrons. The van der Waals surface area contributed by atoms with Gasteiger partial charge in [0, 0.05) is 11.3 Å². The van der Waals surface area contributed by atoms with Gasteiger partial charge in [0.15, 0.2) is 5.78 Å². The lowest BCUT2D eigenvalue weighted by Crippen LogP contribution is -2.08. The Kier molecular flexibility index (Phi) is 3.74. The zero-order valence-corrected chi connectivity index (χ0v) is 11.7. The molecule has 0 amide bonds. The molecule has 0 saturated carbocycles. The molecular weight excluding hydrogens is 257 g/mol. The van der Waals surface area contributed by atoms with E-state index in [9.17, 15) is 9.18 Å². The summed E-state index contributed by atoms with van der Waals surface area (Å²) in [7, 11) is 1.44. The van der Waals surface area contributed by atoms with E-state index >= 15 is 0 Å². The van der Waals surface area contributed by atoms with Crippen molar-refractivity contribution in [1.82, 2.24) is 0 Å². The van der Waals surface area contributed by atoms with Gasteiger partial charge in [-0.3, -0.25) is 4.79 Å². The Morgan fingerprint density at radius 1 is 1.10 bits per heavy atom. The van der Waals surface area contributed by atoms with Crippen LogP contribution in [-0.2, 0) is 0 Å². The minimum absolute atomic E-state index is 0.193. The van der Waals surface area contributed by atoms with Crippen molar-refractivity contribution in [1.29, 1.82) is 0 Å². The molecule has 2 aromatic carbocycles. The van der Waals surface area contributed by atoms with Gasteiger partial charge >= 0.3 is 0 Å². The maximum Gasteiger partial charge on any atom is 0.197 e. The Labute approximate surface area is 117 Å². The van der Waals surface area contributed by atoms with Crippen molar-refractivity contribution in [2.75, 3.05) is 12.8 Å². The number of methoxy groups -OCH3 is 1. The van der Waals surface area contributed by atoms with Crippen molar-refractivity contribution in [3.8, 4) is 5.75 Å². The highest BCUT2D eigenvalue weighted by Gasteiger charge is 2.18. The summed E-state index contributed by atoms with van der Waals surface area (Å²) >= 11 is 0. The van der Waals surface area contributed by atoms with Crippen molar-refractivity contribution < 1.29 is 13.9 Å². The van der Waals surface area contributed by atoms with Crippen LogP contribution in [0.5, 0.6) is 5.75 Å². The molecule has 2 N–H and O–H groups in total. The van der Waals surface area contributed by atoms with Crippen LogP contribution in [0.3, 0.4) is 0 Å². The molecule has 0 fully saturated rings. The Hall–Kier alpha value is -2.36. The fraction of sp³-hybridized carbons (Fsp3) is 0.188. The standard InChI is InChI=1S/C16H16FNO2/c1-9-6-10(2)14(18)8-12(9)16(19)13-7-11(17)4-5-15(13)20-3/h4-8H,18H2,1-3H3. The smallest absolute Gasteiger partial charge is 0.197 e. The number of anilines is 1. The lowest BCUT2D eigenvalue weighted by molar-refractivity contribution is 0.103. The van der Waals surface area contributed by atoms with Crippen molar-refractivity contribution in [3.63, 3.8) is 0 Å². The van der Waals surface area contributed by atoms with Crippen molar-refractivity contribution in [3.05, 3.63) is 58.4 Å². The van der Waals surface area contributed by atoms with Crippen LogP contribution in [0.2, 0.25) is 0 Å². The zero-order valence-electron chi connectivity index (χ0n) is 11.7. The highest BCUT2D eigenvalue weighted by Crippen LogP contribution is 2.26. The number of nitrogen functional groups attached to an aromatic ring is 1. The Morgan fingerprint density at radius 3 is 2.45 bits per heavy atom. The van der Waals surface area contributed by atoms with E-state index in [2.05, 4.69) is 0 Å². The summed E-state index contributed by atoms with van der Waals surface area (Å²) in [6.45, 7) is 3.70. The second-order valence-electron chi connectivity index (χ2n) is 4.70. The SMILES string of the molecule is COc1ccc(F)cc1C(=O)c1cc(N)c(C)cc1C. The van der Waals surface area contributed by atoms with E-state index in [0.717, 1.165) is 11.1 Å². The number of ether oxygens (including phenoxy) is 1. The summed E-state index contributed by atoms with van der Waals surface area (Å²) in [5.74, 6) is -0.438. The van der Waals surface area contributed by atoms with E-state index in [1.165, 1.54) is 25.3 Å². The van der Waals surface area contributed by atoms with E-state index < -0.39 is 5.82 Å². The number of aryl methyl sites for hydroxylation is 2. The summed E-state index contributed by atoms with van der Waals surface area (Å²) in [5.41, 5.74) is 8.74. The van der Waals surface area contributed by atoms with E-state index in [-0.39, 0.29) is 11.3 Å². The molecule has 3 nitrogen and oxygen atoms in total. The molecule has 0 aliphatic rings. The summed E-state index contributed by atoms with van der Waals surface area (Å²) in [4.78, 5) is 12.6. The summed E-state index contributed by atoms with van der Waals surface area (Å²) in [6.07, 6.45) is 0. The van der Waals surface area contributed by atoms with Crippen LogP contribution in [0.15, 0.2) is 30.3 Å². The molecule has 0 aliphatic heterocycles. The number of halogens is 1. The van der Waals surface area contributed by atoms with E-state index in [4.69, 9.17) is 10.5 Å². The number of rotatable bonds is 3. The van der Waals surface area contributed by atoms with Crippen molar-refractivity contribution in [2.45, 2.75) is 13.8 Å². The maximum absolute atomic E-state index is 13.4. The molecule has 2 aromatic rings. The molecular formula is C16H16FNO2. The average molecular weight is 273 g/mol. The molecule has 0 spiro atoms. The van der Waals surface area contributed by atoms with Gasteiger partial charge in [-0.05, 0) is 49.2 Å². The summed E-state index contributed by atoms with van der Waals surface area (Å²) in [6, 6.07) is 7.34. The number of nitrogens with two attached hydrogens (primary N) is 1. The molecule has 0 heterocycles. The number of carbonyl (C=O) groups is 1. The fourth-order valence-corrected chi connectivity index (χ4v) is 2.12. The van der Waals surface area contributed by atoms with Gasteiger partial charge in [-0.2, -0.15) is 0 Å². The van der Waals surface area contributed by atoms with Crippen molar-refractivity contribution in [2.24, 2.45) is 0 Å². The Morgan fingerprint density at radius 2 is 1.80 bits per heavy atom. The van der Waals surface area contributed by atoms with Gasteiger partial charge in [-0.1, -0.05) is 6.07 Å². The van der Waals surface area contributed by atoms with Gasteiger partial charge in [0.1, 0.15) is 11.6 Å². The third-order valence-electron chi connectivity index (χ3n) is 3.26. The lowest BCUT2D eigenvalue weighted by Gasteiger charge is -2.11. The summed E-state index contributed by atoms with van der Waals surface area (Å²) in [5, 5.41) is 0. The normalized spacial score (nSPS) is 10.4. The van der Waals surface area contributed by atoms with Crippen LogP contribution in [0.25, 0.3) is 0 Å². The predicted molar refractivity (Wildman–Crippen MR) is 76.7 cm³/mol. The molecule has 0 saturated heterocycles. The predicted octanol–water partition coefficient (Wildman–Crippen LogP) is 3.26. The molecule has 0 radical (unpaired) electrons. The van der Waals surface area contributed by atoms with E-state index in [1.54, 1.807) is 6.07 Å². The van der Waals surface area contributed by atoms with E-state index in [0.29, 0.717) is 17.0 Å². The number of hydrogen-bond donors (Lipinski definition) is 1. The zero-order chi connectivity index (χ0) is 14.9. The Balaban J connectivity index is 2.57. The monoisotopic (exact) mass is 273 g/mol. The average Bonchev–Trinajstić information content (AvgIpc) is 2.42. The van der Waals surface area contributed by atoms with Crippen LogP contribution >= 0.6 is 0 Å². The van der Waals surface area contributed by atoms with Gasteiger partial charge in [0.2, 0.25) is 0 Å². The minimum atomic E-state index is -0.480. The second-order valence-corrected chi connectivity index (χ2v) is 4.70. The van der Waals surface area contributed by atoms with Crippen LogP contribution in [0.4, 0.5) is 10.1 Å². The molecule has 0 aromatic heterocycles. The second kappa shape index (κ2) is 5.33. The summed E-state index contributed by atoms with van der Waals surface area (Å²) < 4.78 is 18.5. The maximum atomic E-state index is 13.4. The minimum Gasteiger partial charge on any atom is -0.496 e. The molecule has 4 heteroatoms. The van der Waals surface area contributed by atoms with Crippen molar-refractivity contribution >= 4 is 11.5 Å². The van der Waals surface area contributed by atoms with Gasteiger partial charge < -0.3 is 10.5 Å². The van der Waals surface area contributed by atoms with Gasteiger partial charge in [0.25, 0.3) is 0 Å². The van der Waals surface area contributed by atoms with Gasteiger partial charge in [0.05, 0.1) is 12.7 Å². The molecule has 20 heavy (non-hydrogen) atoms. The highest BCUT2D eigenvalue weighted by atomic mass is 19.1. The largest absolute Gasteiger partial charge is 0.496 e. The first kappa shape index (κ1) is 14.1. The third kappa shape index (κ3) is 2.50. The molecule has 0 atom stereocenters. The topological polar surface area (TPSA) is 52.3 Å². The fourth-order valence-electron chi connectivity index (χ4n) is 2.12. The molecule has 2 rings (SSSR count). The van der Waals surface area contributed by atoms with Crippen LogP contribution in [-0.4, -0.2) is 12.9 Å². The molecule has 0 aliphatic carbocycles. The first-order chi connectivity index (χ1) is 9.43. The number of benzene rings is 2. The molecule has 0 bridgehead atoms. The van der Waals surface area contributed by atoms with Gasteiger partial charge in [-0.15, -0.1) is 0 Å². The van der Waals surface area contributed by atoms with E-state index in [1.807, 2.05) is 19.9 Å². The lowest BCUT2D eigenvalue weighted by atomic mass is 9.96. The first-order valence-electron chi connectivity index (χ1n) is 6.19. The highest BCUT2D eigenvalue weighted by molar-refractivity contribution is 6.12.